The molecular formula is C18H23NO. The van der Waals surface area contributed by atoms with Crippen LogP contribution in [0.15, 0.2) is 24.3 Å². The van der Waals surface area contributed by atoms with Crippen molar-refractivity contribution in [2.75, 3.05) is 0 Å². The Morgan fingerprint density at radius 3 is 1.95 bits per heavy atom. The van der Waals surface area contributed by atoms with Gasteiger partial charge in [-0.15, -0.1) is 0 Å². The van der Waals surface area contributed by atoms with Crippen molar-refractivity contribution in [3.63, 3.8) is 0 Å². The lowest BCUT2D eigenvalue weighted by Gasteiger charge is -2.47. The second-order valence-electron chi connectivity index (χ2n) is 7.51. The zero-order valence-electron chi connectivity index (χ0n) is 12.4. The molecular weight excluding hydrogens is 246 g/mol. The number of benzene rings is 1. The fourth-order valence-corrected chi connectivity index (χ4v) is 3.95. The summed E-state index contributed by atoms with van der Waals surface area (Å²) in [7, 11) is 0. The molecule has 0 heterocycles. The summed E-state index contributed by atoms with van der Waals surface area (Å²) in [6.07, 6.45) is 4.92. The van der Waals surface area contributed by atoms with Crippen LogP contribution >= 0.6 is 0 Å². The molecule has 3 rings (SSSR count). The second-order valence-corrected chi connectivity index (χ2v) is 7.51. The van der Waals surface area contributed by atoms with Gasteiger partial charge in [-0.2, -0.15) is 5.26 Å². The maximum Gasteiger partial charge on any atom is 0.0940 e. The number of nitriles is 1. The van der Waals surface area contributed by atoms with Gasteiger partial charge in [-0.1, -0.05) is 38.1 Å². The van der Waals surface area contributed by atoms with Crippen LogP contribution in [-0.4, -0.2) is 10.7 Å². The van der Waals surface area contributed by atoms with E-state index >= 15 is 0 Å². The molecule has 20 heavy (non-hydrogen) atoms. The Morgan fingerprint density at radius 2 is 1.50 bits per heavy atom. The number of hydrogen-bond acceptors (Lipinski definition) is 2. The first kappa shape index (κ1) is 13.6. The lowest BCUT2D eigenvalue weighted by molar-refractivity contribution is -0.0978. The Labute approximate surface area is 121 Å². The number of hydrogen-bond donors (Lipinski definition) is 1. The molecule has 0 saturated heterocycles. The van der Waals surface area contributed by atoms with Crippen molar-refractivity contribution in [1.29, 1.82) is 5.26 Å². The zero-order chi connectivity index (χ0) is 14.4. The van der Waals surface area contributed by atoms with Crippen molar-refractivity contribution in [3.8, 4) is 6.07 Å². The van der Waals surface area contributed by atoms with E-state index in [0.29, 0.717) is 18.3 Å². The smallest absolute Gasteiger partial charge is 0.0940 e. The van der Waals surface area contributed by atoms with Gasteiger partial charge >= 0.3 is 0 Å². The third-order valence-corrected chi connectivity index (χ3v) is 5.64. The third-order valence-electron chi connectivity index (χ3n) is 5.64. The molecule has 1 aromatic rings. The van der Waals surface area contributed by atoms with Crippen LogP contribution in [-0.2, 0) is 12.8 Å². The van der Waals surface area contributed by atoms with E-state index in [4.69, 9.17) is 0 Å². The van der Waals surface area contributed by atoms with Crippen molar-refractivity contribution in [2.45, 2.75) is 58.0 Å². The predicted molar refractivity (Wildman–Crippen MR) is 79.1 cm³/mol. The molecule has 2 aliphatic rings. The van der Waals surface area contributed by atoms with Gasteiger partial charge in [0.15, 0.2) is 0 Å². The molecule has 0 bridgehead atoms. The summed E-state index contributed by atoms with van der Waals surface area (Å²) in [5.74, 6) is 0. The van der Waals surface area contributed by atoms with Gasteiger partial charge in [-0.05, 0) is 55.1 Å². The Hall–Kier alpha value is -1.33. The average molecular weight is 269 g/mol. The minimum Gasteiger partial charge on any atom is -0.388 e. The van der Waals surface area contributed by atoms with Crippen LogP contribution in [0.2, 0.25) is 0 Å². The van der Waals surface area contributed by atoms with E-state index in [1.807, 2.05) is 12.1 Å². The van der Waals surface area contributed by atoms with Crippen LogP contribution in [0.3, 0.4) is 0 Å². The van der Waals surface area contributed by atoms with E-state index in [0.717, 1.165) is 25.7 Å². The van der Waals surface area contributed by atoms with Gasteiger partial charge in [0.25, 0.3) is 0 Å². The molecule has 2 aliphatic carbocycles. The van der Waals surface area contributed by atoms with E-state index in [-0.39, 0.29) is 0 Å². The topological polar surface area (TPSA) is 44.0 Å². The van der Waals surface area contributed by atoms with Gasteiger partial charge in [0.1, 0.15) is 0 Å². The number of fused-ring (bicyclic) bond motifs is 1. The van der Waals surface area contributed by atoms with Gasteiger partial charge in [-0.3, -0.25) is 0 Å². The summed E-state index contributed by atoms with van der Waals surface area (Å²) >= 11 is 0. The van der Waals surface area contributed by atoms with Crippen LogP contribution in [0.4, 0.5) is 0 Å². The lowest BCUT2D eigenvalue weighted by Crippen LogP contribution is -2.51. The van der Waals surface area contributed by atoms with Crippen molar-refractivity contribution < 1.29 is 5.11 Å². The highest BCUT2D eigenvalue weighted by atomic mass is 16.3. The van der Waals surface area contributed by atoms with E-state index in [1.165, 1.54) is 11.1 Å². The van der Waals surface area contributed by atoms with Crippen LogP contribution in [0.25, 0.3) is 0 Å². The van der Waals surface area contributed by atoms with E-state index in [9.17, 15) is 10.4 Å². The van der Waals surface area contributed by atoms with Gasteiger partial charge in [0.05, 0.1) is 17.1 Å². The van der Waals surface area contributed by atoms with Crippen LogP contribution in [0, 0.1) is 22.2 Å². The minimum absolute atomic E-state index is 0.300. The Bertz CT molecular complexity index is 532. The highest BCUT2D eigenvalue weighted by Gasteiger charge is 2.55. The monoisotopic (exact) mass is 269 g/mol. The highest BCUT2D eigenvalue weighted by Crippen LogP contribution is 2.53. The second kappa shape index (κ2) is 4.33. The molecule has 0 spiro atoms. The fraction of sp³-hybridized carbons (Fsp3) is 0.611. The largest absolute Gasteiger partial charge is 0.388 e. The van der Waals surface area contributed by atoms with E-state index < -0.39 is 11.0 Å². The van der Waals surface area contributed by atoms with Crippen molar-refractivity contribution >= 4 is 0 Å². The summed E-state index contributed by atoms with van der Waals surface area (Å²) < 4.78 is 0. The molecule has 2 nitrogen and oxygen atoms in total. The summed E-state index contributed by atoms with van der Waals surface area (Å²) in [4.78, 5) is 0. The summed E-state index contributed by atoms with van der Waals surface area (Å²) in [5.41, 5.74) is 1.34. The molecule has 0 aliphatic heterocycles. The molecule has 1 N–H and O–H groups in total. The average Bonchev–Trinajstić information content (AvgIpc) is 2.83. The van der Waals surface area contributed by atoms with E-state index in [2.05, 4.69) is 32.0 Å². The number of aliphatic hydroxyl groups is 1. The molecule has 1 saturated carbocycles. The normalized spacial score (nSPS) is 25.7. The summed E-state index contributed by atoms with van der Waals surface area (Å²) in [6.45, 7) is 4.52. The molecule has 2 heteroatoms. The van der Waals surface area contributed by atoms with Gasteiger partial charge < -0.3 is 5.11 Å². The minimum atomic E-state index is -0.823. The first-order valence-corrected chi connectivity index (χ1v) is 7.60. The van der Waals surface area contributed by atoms with Crippen LogP contribution < -0.4 is 0 Å². The van der Waals surface area contributed by atoms with Gasteiger partial charge in [-0.25, -0.2) is 0 Å². The van der Waals surface area contributed by atoms with E-state index in [1.54, 1.807) is 0 Å². The van der Waals surface area contributed by atoms with Crippen molar-refractivity contribution in [1.82, 2.24) is 0 Å². The highest BCUT2D eigenvalue weighted by molar-refractivity contribution is 5.39. The maximum absolute atomic E-state index is 11.2. The summed E-state index contributed by atoms with van der Waals surface area (Å²) in [5, 5.41) is 21.0. The van der Waals surface area contributed by atoms with Crippen LogP contribution in [0.1, 0.15) is 50.7 Å². The van der Waals surface area contributed by atoms with Crippen molar-refractivity contribution in [3.05, 3.63) is 35.4 Å². The Morgan fingerprint density at radius 1 is 1.00 bits per heavy atom. The lowest BCUT2D eigenvalue weighted by atomic mass is 9.60. The molecule has 0 unspecified atom stereocenters. The molecule has 0 amide bonds. The van der Waals surface area contributed by atoms with Gasteiger partial charge in [0.2, 0.25) is 0 Å². The SMILES string of the molecule is CC1(C)CCC(O)(C2(C#N)Cc3ccccc3C2)CC1. The third kappa shape index (κ3) is 1.96. The molecule has 1 aromatic carbocycles. The molecule has 1 fully saturated rings. The number of rotatable bonds is 1. The molecule has 0 radical (unpaired) electrons. The van der Waals surface area contributed by atoms with Crippen LogP contribution in [0.5, 0.6) is 0 Å². The van der Waals surface area contributed by atoms with Crippen molar-refractivity contribution in [2.24, 2.45) is 10.8 Å². The molecule has 0 aromatic heterocycles. The zero-order valence-corrected chi connectivity index (χ0v) is 12.4. The fourth-order valence-electron chi connectivity index (χ4n) is 3.95. The molecule has 106 valence electrons. The summed E-state index contributed by atoms with van der Waals surface area (Å²) in [6, 6.07) is 10.8. The first-order chi connectivity index (χ1) is 9.40. The Balaban J connectivity index is 1.91. The molecule has 0 atom stereocenters. The van der Waals surface area contributed by atoms with Gasteiger partial charge in [0, 0.05) is 0 Å². The maximum atomic E-state index is 11.2. The predicted octanol–water partition coefficient (Wildman–Crippen LogP) is 3.63. The quantitative estimate of drug-likeness (QED) is 0.846. The number of nitrogens with zero attached hydrogens (tertiary/aromatic N) is 1. The Kier molecular flexibility index (Phi) is 2.95. The standard InChI is InChI=1S/C18H23NO/c1-16(2)7-9-18(20,10-8-16)17(13-19)11-14-5-3-4-6-15(14)12-17/h3-6,20H,7-12H2,1-2H3. The first-order valence-electron chi connectivity index (χ1n) is 7.60.